The van der Waals surface area contributed by atoms with E-state index < -0.39 is 0 Å². The molecule has 2 aromatic heterocycles. The SMILES string of the molecule is CCc1ccc(-c2nnn(CC(=O)N[C@@H](C)c3ccco3)n2)cc1. The summed E-state index contributed by atoms with van der Waals surface area (Å²) in [7, 11) is 0. The van der Waals surface area contributed by atoms with Gasteiger partial charge in [0.25, 0.3) is 0 Å². The molecule has 7 nitrogen and oxygen atoms in total. The zero-order valence-electron chi connectivity index (χ0n) is 13.6. The predicted octanol–water partition coefficient (Wildman–Crippen LogP) is 2.37. The van der Waals surface area contributed by atoms with E-state index in [1.165, 1.54) is 10.4 Å². The van der Waals surface area contributed by atoms with Crippen molar-refractivity contribution in [3.05, 3.63) is 54.0 Å². The van der Waals surface area contributed by atoms with Gasteiger partial charge in [-0.25, -0.2) is 0 Å². The highest BCUT2D eigenvalue weighted by Gasteiger charge is 2.14. The maximum absolute atomic E-state index is 12.1. The Morgan fingerprint density at radius 3 is 2.75 bits per heavy atom. The van der Waals surface area contributed by atoms with E-state index in [2.05, 4.69) is 27.7 Å². The lowest BCUT2D eigenvalue weighted by atomic mass is 10.1. The van der Waals surface area contributed by atoms with Gasteiger partial charge >= 0.3 is 0 Å². The number of carbonyl (C=O) groups excluding carboxylic acids is 1. The first kappa shape index (κ1) is 15.9. The molecule has 0 bridgehead atoms. The molecular formula is C17H19N5O2. The van der Waals surface area contributed by atoms with Gasteiger partial charge in [-0.1, -0.05) is 31.2 Å². The van der Waals surface area contributed by atoms with E-state index in [9.17, 15) is 4.79 Å². The molecule has 0 aliphatic carbocycles. The lowest BCUT2D eigenvalue weighted by Crippen LogP contribution is -2.30. The third kappa shape index (κ3) is 3.68. The molecule has 2 heterocycles. The molecule has 24 heavy (non-hydrogen) atoms. The Kier molecular flexibility index (Phi) is 4.69. The molecule has 0 saturated heterocycles. The number of hydrogen-bond acceptors (Lipinski definition) is 5. The standard InChI is InChI=1S/C17H19N5O2/c1-3-13-6-8-14(9-7-13)17-19-21-22(20-17)11-16(23)18-12(2)15-5-4-10-24-15/h4-10,12H,3,11H2,1-2H3,(H,18,23)/t12-/m0/s1. The van der Waals surface area contributed by atoms with Gasteiger partial charge in [-0.15, -0.1) is 10.2 Å². The maximum atomic E-state index is 12.1. The van der Waals surface area contributed by atoms with Crippen molar-refractivity contribution in [1.82, 2.24) is 25.5 Å². The number of aryl methyl sites for hydroxylation is 1. The molecule has 124 valence electrons. The average molecular weight is 325 g/mol. The molecule has 1 amide bonds. The zero-order chi connectivity index (χ0) is 16.9. The Morgan fingerprint density at radius 1 is 1.29 bits per heavy atom. The highest BCUT2D eigenvalue weighted by molar-refractivity contribution is 5.75. The van der Waals surface area contributed by atoms with Crippen LogP contribution in [0.3, 0.4) is 0 Å². The van der Waals surface area contributed by atoms with Gasteiger partial charge in [0.2, 0.25) is 11.7 Å². The summed E-state index contributed by atoms with van der Waals surface area (Å²) in [5.41, 5.74) is 2.13. The van der Waals surface area contributed by atoms with Crippen molar-refractivity contribution in [2.24, 2.45) is 0 Å². The van der Waals surface area contributed by atoms with Crippen molar-refractivity contribution in [3.63, 3.8) is 0 Å². The first-order valence-electron chi connectivity index (χ1n) is 7.85. The van der Waals surface area contributed by atoms with E-state index in [0.717, 1.165) is 12.0 Å². The minimum absolute atomic E-state index is 0.00505. The molecule has 7 heteroatoms. The highest BCUT2D eigenvalue weighted by atomic mass is 16.3. The summed E-state index contributed by atoms with van der Waals surface area (Å²) in [5.74, 6) is 1.00. The van der Waals surface area contributed by atoms with E-state index in [1.807, 2.05) is 37.3 Å². The number of nitrogens with zero attached hydrogens (tertiary/aromatic N) is 4. The normalized spacial score (nSPS) is 12.1. The summed E-state index contributed by atoms with van der Waals surface area (Å²) in [6.45, 7) is 3.96. The fourth-order valence-electron chi connectivity index (χ4n) is 2.34. The van der Waals surface area contributed by atoms with Gasteiger partial charge in [0.15, 0.2) is 0 Å². The van der Waals surface area contributed by atoms with Crippen molar-refractivity contribution >= 4 is 5.91 Å². The maximum Gasteiger partial charge on any atom is 0.244 e. The number of furan rings is 1. The van der Waals surface area contributed by atoms with E-state index >= 15 is 0 Å². The second kappa shape index (κ2) is 7.08. The van der Waals surface area contributed by atoms with Crippen LogP contribution in [-0.2, 0) is 17.8 Å². The summed E-state index contributed by atoms with van der Waals surface area (Å²) < 4.78 is 5.26. The van der Waals surface area contributed by atoms with Gasteiger partial charge in [-0.05, 0) is 36.3 Å². The van der Waals surface area contributed by atoms with E-state index in [-0.39, 0.29) is 18.5 Å². The van der Waals surface area contributed by atoms with Crippen LogP contribution in [0.5, 0.6) is 0 Å². The number of amides is 1. The van der Waals surface area contributed by atoms with Gasteiger partial charge < -0.3 is 9.73 Å². The topological polar surface area (TPSA) is 85.8 Å². The summed E-state index contributed by atoms with van der Waals surface area (Å²) >= 11 is 0. The van der Waals surface area contributed by atoms with Crippen LogP contribution in [0, 0.1) is 0 Å². The molecule has 0 unspecified atom stereocenters. The van der Waals surface area contributed by atoms with Gasteiger partial charge in [0, 0.05) is 5.56 Å². The Morgan fingerprint density at radius 2 is 2.08 bits per heavy atom. The summed E-state index contributed by atoms with van der Waals surface area (Å²) in [4.78, 5) is 13.4. The number of aromatic nitrogens is 4. The third-order valence-corrected chi connectivity index (χ3v) is 3.71. The fraction of sp³-hybridized carbons (Fsp3) is 0.294. The first-order chi connectivity index (χ1) is 11.7. The molecule has 1 aromatic carbocycles. The molecule has 0 spiro atoms. The summed E-state index contributed by atoms with van der Waals surface area (Å²) in [6.07, 6.45) is 2.56. The predicted molar refractivity (Wildman–Crippen MR) is 87.9 cm³/mol. The lowest BCUT2D eigenvalue weighted by Gasteiger charge is -2.10. The van der Waals surface area contributed by atoms with Gasteiger partial charge in [0.05, 0.1) is 12.3 Å². The Labute approximate surface area is 139 Å². The highest BCUT2D eigenvalue weighted by Crippen LogP contribution is 2.15. The van der Waals surface area contributed by atoms with Gasteiger partial charge in [-0.2, -0.15) is 4.80 Å². The van der Waals surface area contributed by atoms with Crippen LogP contribution in [0.25, 0.3) is 11.4 Å². The van der Waals surface area contributed by atoms with E-state index in [4.69, 9.17) is 4.42 Å². The Bertz CT molecular complexity index is 793. The van der Waals surface area contributed by atoms with E-state index in [1.54, 1.807) is 12.3 Å². The number of tetrazole rings is 1. The first-order valence-corrected chi connectivity index (χ1v) is 7.85. The van der Waals surface area contributed by atoms with E-state index in [0.29, 0.717) is 11.6 Å². The van der Waals surface area contributed by atoms with Gasteiger partial charge in [-0.3, -0.25) is 4.79 Å². The second-order valence-electron chi connectivity index (χ2n) is 5.50. The fourth-order valence-corrected chi connectivity index (χ4v) is 2.34. The molecule has 0 aliphatic rings. The third-order valence-electron chi connectivity index (χ3n) is 3.71. The number of carbonyl (C=O) groups is 1. The van der Waals surface area contributed by atoms with Gasteiger partial charge in [0.1, 0.15) is 12.3 Å². The van der Waals surface area contributed by atoms with Crippen LogP contribution >= 0.6 is 0 Å². The van der Waals surface area contributed by atoms with Crippen LogP contribution < -0.4 is 5.32 Å². The monoisotopic (exact) mass is 325 g/mol. The molecule has 0 saturated carbocycles. The van der Waals surface area contributed by atoms with Crippen molar-refractivity contribution in [2.45, 2.75) is 32.9 Å². The van der Waals surface area contributed by atoms with Crippen LogP contribution in [0.15, 0.2) is 47.1 Å². The number of rotatable bonds is 6. The van der Waals surface area contributed by atoms with Crippen LogP contribution in [-0.4, -0.2) is 26.1 Å². The second-order valence-corrected chi connectivity index (χ2v) is 5.50. The van der Waals surface area contributed by atoms with Crippen LogP contribution in [0.2, 0.25) is 0 Å². The number of hydrogen-bond donors (Lipinski definition) is 1. The zero-order valence-corrected chi connectivity index (χ0v) is 13.6. The molecular weight excluding hydrogens is 306 g/mol. The van der Waals surface area contributed by atoms with Crippen molar-refractivity contribution in [1.29, 1.82) is 0 Å². The molecule has 0 radical (unpaired) electrons. The molecule has 1 atom stereocenters. The smallest absolute Gasteiger partial charge is 0.244 e. The molecule has 1 N–H and O–H groups in total. The molecule has 3 aromatic rings. The van der Waals surface area contributed by atoms with Crippen molar-refractivity contribution in [2.75, 3.05) is 0 Å². The number of benzene rings is 1. The quantitative estimate of drug-likeness (QED) is 0.752. The molecule has 0 fully saturated rings. The average Bonchev–Trinajstić information content (AvgIpc) is 3.26. The van der Waals surface area contributed by atoms with Crippen molar-refractivity contribution < 1.29 is 9.21 Å². The van der Waals surface area contributed by atoms with Crippen molar-refractivity contribution in [3.8, 4) is 11.4 Å². The minimum atomic E-state index is -0.211. The van der Waals surface area contributed by atoms with Crippen LogP contribution in [0.4, 0.5) is 0 Å². The summed E-state index contributed by atoms with van der Waals surface area (Å²) in [6, 6.07) is 11.4. The Balaban J connectivity index is 1.61. The Hall–Kier alpha value is -2.96. The lowest BCUT2D eigenvalue weighted by molar-refractivity contribution is -0.122. The minimum Gasteiger partial charge on any atom is -0.467 e. The largest absolute Gasteiger partial charge is 0.467 e. The molecule has 3 rings (SSSR count). The molecule has 0 aliphatic heterocycles. The summed E-state index contributed by atoms with van der Waals surface area (Å²) in [5, 5.41) is 15.0. The number of nitrogens with one attached hydrogen (secondary N) is 1. The van der Waals surface area contributed by atoms with Crippen LogP contribution in [0.1, 0.15) is 31.2 Å².